The van der Waals surface area contributed by atoms with Gasteiger partial charge in [-0.3, -0.25) is 0 Å². The van der Waals surface area contributed by atoms with Gasteiger partial charge in [0.15, 0.2) is 11.5 Å². The monoisotopic (exact) mass is 254 g/mol. The number of ether oxygens (including phenoxy) is 4. The molecule has 1 aromatic rings. The van der Waals surface area contributed by atoms with Crippen LogP contribution in [0.15, 0.2) is 6.07 Å². The number of hydrogen-bond donors (Lipinski definition) is 1. The molecular formula is C13H18O5. The summed E-state index contributed by atoms with van der Waals surface area (Å²) in [7, 11) is 4.61. The first-order chi connectivity index (χ1) is 8.67. The zero-order valence-electron chi connectivity index (χ0n) is 11.0. The molecule has 5 heteroatoms. The highest BCUT2D eigenvalue weighted by Crippen LogP contribution is 2.52. The molecule has 0 bridgehead atoms. The van der Waals surface area contributed by atoms with E-state index >= 15 is 0 Å². The molecule has 0 aliphatic carbocycles. The molecule has 1 aromatic carbocycles. The number of benzene rings is 1. The Bertz CT molecular complexity index is 443. The van der Waals surface area contributed by atoms with Crippen molar-refractivity contribution in [2.75, 3.05) is 21.3 Å². The maximum atomic E-state index is 10.2. The van der Waals surface area contributed by atoms with Crippen LogP contribution in [0.5, 0.6) is 23.0 Å². The maximum absolute atomic E-state index is 10.2. The van der Waals surface area contributed by atoms with Crippen molar-refractivity contribution in [3.8, 4) is 23.0 Å². The third-order valence-corrected chi connectivity index (χ3v) is 3.16. The van der Waals surface area contributed by atoms with Crippen LogP contribution < -0.4 is 18.9 Å². The molecule has 0 amide bonds. The minimum atomic E-state index is -0.709. The number of hydrogen-bond acceptors (Lipinski definition) is 5. The van der Waals surface area contributed by atoms with Crippen LogP contribution in [0.2, 0.25) is 0 Å². The summed E-state index contributed by atoms with van der Waals surface area (Å²) in [5.41, 5.74) is 0.627. The van der Waals surface area contributed by atoms with Gasteiger partial charge in [0.05, 0.1) is 26.9 Å². The predicted octanol–water partition coefficient (Wildman–Crippen LogP) is 1.92. The van der Waals surface area contributed by atoms with Crippen LogP contribution in [0.1, 0.15) is 25.0 Å². The largest absolute Gasteiger partial charge is 0.493 e. The van der Waals surface area contributed by atoms with Crippen LogP contribution in [0.3, 0.4) is 0 Å². The van der Waals surface area contributed by atoms with E-state index in [0.717, 1.165) is 0 Å². The Morgan fingerprint density at radius 2 is 1.83 bits per heavy atom. The van der Waals surface area contributed by atoms with E-state index < -0.39 is 6.10 Å². The van der Waals surface area contributed by atoms with E-state index in [1.807, 2.05) is 6.92 Å². The Labute approximate surface area is 106 Å². The average molecular weight is 254 g/mol. The van der Waals surface area contributed by atoms with Crippen LogP contribution in [-0.4, -0.2) is 32.5 Å². The molecule has 2 unspecified atom stereocenters. The highest BCUT2D eigenvalue weighted by molar-refractivity contribution is 5.63. The second-order valence-corrected chi connectivity index (χ2v) is 4.07. The summed E-state index contributed by atoms with van der Waals surface area (Å²) in [6.07, 6.45) is -0.255. The van der Waals surface area contributed by atoms with Crippen LogP contribution >= 0.6 is 0 Å². The summed E-state index contributed by atoms with van der Waals surface area (Å²) in [5.74, 6) is 2.05. The van der Waals surface area contributed by atoms with E-state index in [1.54, 1.807) is 13.2 Å². The normalized spacial score (nSPS) is 21.2. The maximum Gasteiger partial charge on any atom is 0.203 e. The molecule has 1 aliphatic heterocycles. The lowest BCUT2D eigenvalue weighted by Crippen LogP contribution is -2.16. The summed E-state index contributed by atoms with van der Waals surface area (Å²) in [6, 6.07) is 1.72. The van der Waals surface area contributed by atoms with E-state index in [2.05, 4.69) is 0 Å². The van der Waals surface area contributed by atoms with Gasteiger partial charge >= 0.3 is 0 Å². The van der Waals surface area contributed by atoms with Gasteiger partial charge < -0.3 is 24.1 Å². The van der Waals surface area contributed by atoms with Gasteiger partial charge in [-0.1, -0.05) is 6.92 Å². The zero-order chi connectivity index (χ0) is 13.3. The quantitative estimate of drug-likeness (QED) is 0.889. The molecule has 5 nitrogen and oxygen atoms in total. The van der Waals surface area contributed by atoms with Crippen LogP contribution in [0.25, 0.3) is 0 Å². The fraction of sp³-hybridized carbons (Fsp3) is 0.538. The van der Waals surface area contributed by atoms with Gasteiger partial charge in [0.25, 0.3) is 0 Å². The van der Waals surface area contributed by atoms with Gasteiger partial charge in [-0.25, -0.2) is 0 Å². The van der Waals surface area contributed by atoms with Crippen molar-refractivity contribution in [1.29, 1.82) is 0 Å². The van der Waals surface area contributed by atoms with E-state index in [-0.39, 0.29) is 6.10 Å². The highest BCUT2D eigenvalue weighted by atomic mass is 16.5. The van der Waals surface area contributed by atoms with Crippen LogP contribution in [0.4, 0.5) is 0 Å². The van der Waals surface area contributed by atoms with Gasteiger partial charge in [-0.15, -0.1) is 0 Å². The third-order valence-electron chi connectivity index (χ3n) is 3.16. The fourth-order valence-corrected chi connectivity index (χ4v) is 2.25. The van der Waals surface area contributed by atoms with Gasteiger partial charge in [-0.2, -0.15) is 0 Å². The first-order valence-electron chi connectivity index (χ1n) is 5.85. The molecule has 0 radical (unpaired) electrons. The van der Waals surface area contributed by atoms with Crippen molar-refractivity contribution in [3.63, 3.8) is 0 Å². The highest BCUT2D eigenvalue weighted by Gasteiger charge is 2.37. The molecule has 0 aromatic heterocycles. The van der Waals surface area contributed by atoms with Gasteiger partial charge in [0.1, 0.15) is 18.0 Å². The topological polar surface area (TPSA) is 57.2 Å². The standard InChI is InChI=1S/C13H18O5/c1-5-7-11(14)10-8(18-7)6-9(15-2)12(16-3)13(10)17-4/h6-7,11,14H,5H2,1-4H3. The van der Waals surface area contributed by atoms with E-state index in [9.17, 15) is 5.11 Å². The molecule has 2 atom stereocenters. The van der Waals surface area contributed by atoms with Gasteiger partial charge in [0.2, 0.25) is 5.75 Å². The number of fused-ring (bicyclic) bond motifs is 1. The predicted molar refractivity (Wildman–Crippen MR) is 65.8 cm³/mol. The molecule has 2 rings (SSSR count). The first-order valence-corrected chi connectivity index (χ1v) is 5.85. The lowest BCUT2D eigenvalue weighted by molar-refractivity contribution is 0.0642. The van der Waals surface area contributed by atoms with E-state index in [1.165, 1.54) is 14.2 Å². The molecule has 0 fully saturated rings. The molecule has 1 N–H and O–H groups in total. The van der Waals surface area contributed by atoms with Crippen molar-refractivity contribution >= 4 is 0 Å². The minimum absolute atomic E-state index is 0.259. The molecule has 1 heterocycles. The number of methoxy groups -OCH3 is 3. The van der Waals surface area contributed by atoms with Crippen LogP contribution in [-0.2, 0) is 0 Å². The van der Waals surface area contributed by atoms with E-state index in [0.29, 0.717) is 35.0 Å². The Morgan fingerprint density at radius 1 is 1.17 bits per heavy atom. The Balaban J connectivity index is 2.60. The summed E-state index contributed by atoms with van der Waals surface area (Å²) >= 11 is 0. The lowest BCUT2D eigenvalue weighted by Gasteiger charge is -2.16. The third kappa shape index (κ3) is 1.75. The van der Waals surface area contributed by atoms with Gasteiger partial charge in [0, 0.05) is 6.07 Å². The second-order valence-electron chi connectivity index (χ2n) is 4.07. The summed E-state index contributed by atoms with van der Waals surface area (Å²) in [4.78, 5) is 0. The van der Waals surface area contributed by atoms with Gasteiger partial charge in [-0.05, 0) is 6.42 Å². The average Bonchev–Trinajstić information content (AvgIpc) is 2.72. The first kappa shape index (κ1) is 12.8. The zero-order valence-corrected chi connectivity index (χ0v) is 11.0. The lowest BCUT2D eigenvalue weighted by atomic mass is 10.0. The van der Waals surface area contributed by atoms with Crippen molar-refractivity contribution < 1.29 is 24.1 Å². The van der Waals surface area contributed by atoms with Crippen molar-refractivity contribution in [1.82, 2.24) is 0 Å². The summed E-state index contributed by atoms with van der Waals surface area (Å²) in [5, 5.41) is 10.2. The SMILES string of the molecule is CCC1Oc2cc(OC)c(OC)c(OC)c2C1O. The van der Waals surface area contributed by atoms with Crippen molar-refractivity contribution in [2.24, 2.45) is 0 Å². The molecule has 0 saturated carbocycles. The molecule has 18 heavy (non-hydrogen) atoms. The van der Waals surface area contributed by atoms with E-state index in [4.69, 9.17) is 18.9 Å². The molecular weight excluding hydrogens is 236 g/mol. The Hall–Kier alpha value is -1.62. The van der Waals surface area contributed by atoms with Crippen molar-refractivity contribution in [3.05, 3.63) is 11.6 Å². The molecule has 1 aliphatic rings. The summed E-state index contributed by atoms with van der Waals surface area (Å²) in [6.45, 7) is 1.96. The molecule has 0 saturated heterocycles. The Morgan fingerprint density at radius 3 is 2.33 bits per heavy atom. The Kier molecular flexibility index (Phi) is 3.52. The molecule has 0 spiro atoms. The summed E-state index contributed by atoms with van der Waals surface area (Å²) < 4.78 is 21.6. The minimum Gasteiger partial charge on any atom is -0.493 e. The number of aliphatic hydroxyl groups is 1. The van der Waals surface area contributed by atoms with Crippen molar-refractivity contribution in [2.45, 2.75) is 25.6 Å². The fourth-order valence-electron chi connectivity index (χ4n) is 2.25. The molecule has 100 valence electrons. The smallest absolute Gasteiger partial charge is 0.203 e. The van der Waals surface area contributed by atoms with Crippen LogP contribution in [0, 0.1) is 0 Å². The number of rotatable bonds is 4. The second kappa shape index (κ2) is 4.94. The number of aliphatic hydroxyl groups excluding tert-OH is 1.